The molecule has 1 amide bonds. The number of hydrogen-bond donors (Lipinski definition) is 2. The molecule has 174 valence electrons. The summed E-state index contributed by atoms with van der Waals surface area (Å²) in [6.07, 6.45) is 1.50. The second-order valence-corrected chi connectivity index (χ2v) is 9.54. The normalized spacial score (nSPS) is 15.0. The van der Waals surface area contributed by atoms with Gasteiger partial charge < -0.3 is 10.6 Å². The Morgan fingerprint density at radius 2 is 1.79 bits per heavy atom. The summed E-state index contributed by atoms with van der Waals surface area (Å²) in [6, 6.07) is 15.1. The number of nitrogens with zero attached hydrogens (tertiary/aromatic N) is 5. The Morgan fingerprint density at radius 1 is 1.09 bits per heavy atom. The molecule has 0 spiro atoms. The van der Waals surface area contributed by atoms with Gasteiger partial charge >= 0.3 is 0 Å². The number of aromatic nitrogens is 4. The molecule has 2 aromatic heterocycles. The Labute approximate surface area is 206 Å². The summed E-state index contributed by atoms with van der Waals surface area (Å²) in [7, 11) is 0. The van der Waals surface area contributed by atoms with Crippen LogP contribution >= 0.6 is 23.2 Å². The number of anilines is 1. The number of nitrogens with two attached hydrogens (primary N) is 1. The number of imidazole rings is 1. The molecule has 0 atom stereocenters. The molecule has 0 bridgehead atoms. The molecular weight excluding hydrogens is 473 g/mol. The predicted octanol–water partition coefficient (Wildman–Crippen LogP) is 3.83. The van der Waals surface area contributed by atoms with Gasteiger partial charge in [-0.15, -0.1) is 0 Å². The minimum absolute atomic E-state index is 0.107. The molecule has 2 aromatic carbocycles. The van der Waals surface area contributed by atoms with Crippen LogP contribution in [0.3, 0.4) is 0 Å². The highest BCUT2D eigenvalue weighted by atomic mass is 35.5. The fraction of sp³-hybridized carbons (Fsp3) is 0.250. The summed E-state index contributed by atoms with van der Waals surface area (Å²) in [6.45, 7) is 4.75. The lowest BCUT2D eigenvalue weighted by atomic mass is 9.88. The molecule has 0 aliphatic carbocycles. The fourth-order valence-electron chi connectivity index (χ4n) is 4.40. The standard InChI is InChI=1S/C24H23Cl2N7O/c1-14(2)31-24(23(27)34)11-32(12-24)21-19-22(29-13-28-21)33(16-9-7-15(25)8-10-16)20(30-19)17-5-3-4-6-18(17)26/h3-10,13-14,31H,11-12H2,1-2H3,(H2,27,34). The first-order valence-electron chi connectivity index (χ1n) is 10.9. The van der Waals surface area contributed by atoms with Crippen molar-refractivity contribution < 1.29 is 4.79 Å². The Balaban J connectivity index is 1.66. The first-order chi connectivity index (χ1) is 16.3. The van der Waals surface area contributed by atoms with Gasteiger partial charge in [0.2, 0.25) is 5.91 Å². The van der Waals surface area contributed by atoms with Gasteiger partial charge in [-0.1, -0.05) is 35.3 Å². The highest BCUT2D eigenvalue weighted by Crippen LogP contribution is 2.36. The molecule has 4 aromatic rings. The highest BCUT2D eigenvalue weighted by Gasteiger charge is 2.49. The molecule has 1 aliphatic heterocycles. The zero-order chi connectivity index (χ0) is 24.0. The predicted molar refractivity (Wildman–Crippen MR) is 135 cm³/mol. The van der Waals surface area contributed by atoms with Gasteiger partial charge in [-0.05, 0) is 50.2 Å². The quantitative estimate of drug-likeness (QED) is 0.421. The van der Waals surface area contributed by atoms with Crippen LogP contribution in [0.4, 0.5) is 5.82 Å². The molecule has 34 heavy (non-hydrogen) atoms. The van der Waals surface area contributed by atoms with Crippen LogP contribution in [0.1, 0.15) is 13.8 Å². The van der Waals surface area contributed by atoms with E-state index in [1.165, 1.54) is 6.33 Å². The van der Waals surface area contributed by atoms with Crippen LogP contribution in [-0.4, -0.2) is 50.1 Å². The number of carbonyl (C=O) groups is 1. The van der Waals surface area contributed by atoms with Gasteiger partial charge in [0, 0.05) is 35.4 Å². The Kier molecular flexibility index (Phi) is 5.67. The van der Waals surface area contributed by atoms with Crippen molar-refractivity contribution in [3.8, 4) is 17.1 Å². The van der Waals surface area contributed by atoms with Crippen molar-refractivity contribution in [2.45, 2.75) is 25.4 Å². The van der Waals surface area contributed by atoms with Gasteiger partial charge in [-0.2, -0.15) is 0 Å². The summed E-state index contributed by atoms with van der Waals surface area (Å²) in [4.78, 5) is 28.2. The number of primary amides is 1. The molecule has 10 heteroatoms. The van der Waals surface area contributed by atoms with Crippen LogP contribution in [-0.2, 0) is 4.79 Å². The van der Waals surface area contributed by atoms with Crippen molar-refractivity contribution in [1.29, 1.82) is 0 Å². The van der Waals surface area contributed by atoms with E-state index in [2.05, 4.69) is 15.3 Å². The minimum atomic E-state index is -0.810. The van der Waals surface area contributed by atoms with Crippen LogP contribution < -0.4 is 16.0 Å². The Bertz CT molecular complexity index is 1380. The van der Waals surface area contributed by atoms with E-state index in [-0.39, 0.29) is 11.9 Å². The van der Waals surface area contributed by atoms with Gasteiger partial charge in [0.05, 0.1) is 5.02 Å². The van der Waals surface area contributed by atoms with Crippen molar-refractivity contribution >= 4 is 46.1 Å². The first-order valence-corrected chi connectivity index (χ1v) is 11.6. The summed E-state index contributed by atoms with van der Waals surface area (Å²) in [5.74, 6) is 0.881. The van der Waals surface area contributed by atoms with Crippen molar-refractivity contribution in [3.63, 3.8) is 0 Å². The van der Waals surface area contributed by atoms with Crippen LogP contribution in [0.2, 0.25) is 10.0 Å². The van der Waals surface area contributed by atoms with E-state index in [0.29, 0.717) is 45.9 Å². The molecule has 1 fully saturated rings. The molecule has 0 saturated carbocycles. The third kappa shape index (κ3) is 3.77. The largest absolute Gasteiger partial charge is 0.368 e. The van der Waals surface area contributed by atoms with E-state index >= 15 is 0 Å². The third-order valence-corrected chi connectivity index (χ3v) is 6.46. The lowest BCUT2D eigenvalue weighted by Crippen LogP contribution is -2.76. The molecule has 5 rings (SSSR count). The van der Waals surface area contributed by atoms with Gasteiger partial charge in [-0.3, -0.25) is 14.7 Å². The number of rotatable bonds is 6. The second kappa shape index (κ2) is 8.54. The summed E-state index contributed by atoms with van der Waals surface area (Å²) < 4.78 is 1.94. The maximum atomic E-state index is 12.2. The number of hydrogen-bond acceptors (Lipinski definition) is 6. The van der Waals surface area contributed by atoms with Gasteiger partial charge in [0.1, 0.15) is 17.7 Å². The number of nitrogens with one attached hydrogen (secondary N) is 1. The van der Waals surface area contributed by atoms with Crippen LogP contribution in [0.15, 0.2) is 54.9 Å². The van der Waals surface area contributed by atoms with E-state index < -0.39 is 5.54 Å². The van der Waals surface area contributed by atoms with Crippen molar-refractivity contribution in [1.82, 2.24) is 24.8 Å². The van der Waals surface area contributed by atoms with Crippen LogP contribution in [0, 0.1) is 0 Å². The second-order valence-electron chi connectivity index (χ2n) is 8.70. The van der Waals surface area contributed by atoms with Crippen LogP contribution in [0.25, 0.3) is 28.2 Å². The smallest absolute Gasteiger partial charge is 0.241 e. The zero-order valence-electron chi connectivity index (χ0n) is 18.7. The maximum Gasteiger partial charge on any atom is 0.241 e. The lowest BCUT2D eigenvalue weighted by molar-refractivity contribution is -0.125. The number of halogens is 2. The Hall–Kier alpha value is -3.20. The fourth-order valence-corrected chi connectivity index (χ4v) is 4.74. The van der Waals surface area contributed by atoms with E-state index in [1.807, 2.05) is 71.8 Å². The SMILES string of the molecule is CC(C)NC1(C(N)=O)CN(c2ncnc3c2nc(-c2ccccc2Cl)n3-c2ccc(Cl)cc2)C1. The highest BCUT2D eigenvalue weighted by molar-refractivity contribution is 6.33. The molecule has 0 radical (unpaired) electrons. The summed E-state index contributed by atoms with van der Waals surface area (Å²) in [5, 5.41) is 4.50. The molecule has 1 aliphatic rings. The summed E-state index contributed by atoms with van der Waals surface area (Å²) >= 11 is 12.7. The van der Waals surface area contributed by atoms with Gasteiger partial charge in [0.25, 0.3) is 0 Å². The monoisotopic (exact) mass is 495 g/mol. The minimum Gasteiger partial charge on any atom is -0.368 e. The molecule has 3 N–H and O–H groups in total. The molecule has 3 heterocycles. The Morgan fingerprint density at radius 3 is 2.44 bits per heavy atom. The van der Waals surface area contributed by atoms with Crippen LogP contribution in [0.5, 0.6) is 0 Å². The number of fused-ring (bicyclic) bond motifs is 1. The van der Waals surface area contributed by atoms with E-state index in [9.17, 15) is 4.79 Å². The number of carbonyl (C=O) groups excluding carboxylic acids is 1. The van der Waals surface area contributed by atoms with Gasteiger partial charge in [0.15, 0.2) is 17.0 Å². The maximum absolute atomic E-state index is 12.2. The molecule has 0 unspecified atom stereocenters. The van der Waals surface area contributed by atoms with E-state index in [4.69, 9.17) is 33.9 Å². The topological polar surface area (TPSA) is 102 Å². The average Bonchev–Trinajstić information content (AvgIpc) is 3.16. The number of amides is 1. The first kappa shape index (κ1) is 22.6. The number of benzene rings is 2. The molecule has 1 saturated heterocycles. The molecule has 8 nitrogen and oxygen atoms in total. The van der Waals surface area contributed by atoms with Crippen molar-refractivity contribution in [2.75, 3.05) is 18.0 Å². The third-order valence-electron chi connectivity index (χ3n) is 5.88. The lowest BCUT2D eigenvalue weighted by Gasteiger charge is -2.49. The van der Waals surface area contributed by atoms with E-state index in [1.54, 1.807) is 0 Å². The molecular formula is C24H23Cl2N7O. The van der Waals surface area contributed by atoms with Crippen molar-refractivity contribution in [2.24, 2.45) is 5.73 Å². The average molecular weight is 496 g/mol. The van der Waals surface area contributed by atoms with E-state index in [0.717, 1.165) is 11.3 Å². The van der Waals surface area contributed by atoms with Crippen molar-refractivity contribution in [3.05, 3.63) is 64.9 Å². The zero-order valence-corrected chi connectivity index (χ0v) is 20.2. The summed E-state index contributed by atoms with van der Waals surface area (Å²) in [5.41, 5.74) is 7.75. The van der Waals surface area contributed by atoms with Gasteiger partial charge in [-0.25, -0.2) is 15.0 Å².